The number of hydrogen-bond donors (Lipinski definition) is 0. The Labute approximate surface area is 127 Å². The van der Waals surface area contributed by atoms with Gasteiger partial charge in [-0.25, -0.2) is 9.18 Å². The van der Waals surface area contributed by atoms with Gasteiger partial charge in [0.15, 0.2) is 0 Å². The molecule has 0 fully saturated rings. The summed E-state index contributed by atoms with van der Waals surface area (Å²) in [5.74, 6) is -0.745. The van der Waals surface area contributed by atoms with E-state index in [2.05, 4.69) is 4.98 Å². The average molecular weight is 298 g/mol. The fourth-order valence-corrected chi connectivity index (χ4v) is 2.49. The number of fused-ring (bicyclic) bond motifs is 1. The number of rotatable bonds is 3. The van der Waals surface area contributed by atoms with Gasteiger partial charge in [0.25, 0.3) is 0 Å². The Morgan fingerprint density at radius 3 is 2.86 bits per heavy atom. The number of aryl methyl sites for hydroxylation is 1. The lowest BCUT2D eigenvalue weighted by Crippen LogP contribution is -2.12. The van der Waals surface area contributed by atoms with Gasteiger partial charge in [-0.05, 0) is 30.7 Å². The van der Waals surface area contributed by atoms with E-state index < -0.39 is 5.97 Å². The summed E-state index contributed by atoms with van der Waals surface area (Å²) in [5, 5.41) is 0.864. The summed E-state index contributed by atoms with van der Waals surface area (Å²) < 4.78 is 20.7. The standard InChI is InChI=1S/C17H15FN2O2/c1-11-3-4-13(14(18)7-11)10-20-15(17(21)22-2)8-12-5-6-19-9-16(12)20/h3-9H,10H2,1-2H3. The molecule has 0 atom stereocenters. The second kappa shape index (κ2) is 5.60. The smallest absolute Gasteiger partial charge is 0.354 e. The number of pyridine rings is 1. The minimum absolute atomic E-state index is 0.242. The molecular weight excluding hydrogens is 283 g/mol. The van der Waals surface area contributed by atoms with E-state index >= 15 is 0 Å². The van der Waals surface area contributed by atoms with Gasteiger partial charge in [0.1, 0.15) is 11.5 Å². The molecule has 0 unspecified atom stereocenters. The number of halogens is 1. The fraction of sp³-hybridized carbons (Fsp3) is 0.176. The first-order chi connectivity index (χ1) is 10.6. The molecule has 0 amide bonds. The molecule has 5 heteroatoms. The van der Waals surface area contributed by atoms with Crippen LogP contribution in [0.3, 0.4) is 0 Å². The summed E-state index contributed by atoms with van der Waals surface area (Å²) in [5.41, 5.74) is 2.51. The molecule has 0 N–H and O–H groups in total. The highest BCUT2D eigenvalue weighted by Gasteiger charge is 2.17. The third kappa shape index (κ3) is 2.45. The van der Waals surface area contributed by atoms with Crippen molar-refractivity contribution in [3.63, 3.8) is 0 Å². The van der Waals surface area contributed by atoms with Gasteiger partial charge in [0.05, 0.1) is 25.4 Å². The van der Waals surface area contributed by atoms with Crippen LogP contribution in [0.15, 0.2) is 42.7 Å². The van der Waals surface area contributed by atoms with Crippen LogP contribution in [-0.2, 0) is 11.3 Å². The Balaban J connectivity index is 2.14. The molecule has 0 saturated heterocycles. The molecule has 0 radical (unpaired) electrons. The van der Waals surface area contributed by atoms with Crippen LogP contribution >= 0.6 is 0 Å². The van der Waals surface area contributed by atoms with Crippen molar-refractivity contribution in [1.29, 1.82) is 0 Å². The molecule has 2 heterocycles. The maximum Gasteiger partial charge on any atom is 0.354 e. The number of ether oxygens (including phenoxy) is 1. The van der Waals surface area contributed by atoms with Crippen LogP contribution in [-0.4, -0.2) is 22.6 Å². The molecule has 112 valence electrons. The van der Waals surface area contributed by atoms with Crippen molar-refractivity contribution in [2.75, 3.05) is 7.11 Å². The first-order valence-corrected chi connectivity index (χ1v) is 6.86. The van der Waals surface area contributed by atoms with Crippen molar-refractivity contribution in [3.8, 4) is 0 Å². The van der Waals surface area contributed by atoms with E-state index in [9.17, 15) is 9.18 Å². The van der Waals surface area contributed by atoms with Gasteiger partial charge in [-0.15, -0.1) is 0 Å². The number of carbonyl (C=O) groups is 1. The lowest BCUT2D eigenvalue weighted by atomic mass is 10.1. The van der Waals surface area contributed by atoms with Crippen LogP contribution in [0, 0.1) is 12.7 Å². The molecule has 3 aromatic rings. The van der Waals surface area contributed by atoms with Crippen molar-refractivity contribution in [2.24, 2.45) is 0 Å². The number of benzene rings is 1. The second-order valence-electron chi connectivity index (χ2n) is 5.14. The first kappa shape index (κ1) is 14.3. The monoisotopic (exact) mass is 298 g/mol. The quantitative estimate of drug-likeness (QED) is 0.697. The van der Waals surface area contributed by atoms with Crippen molar-refractivity contribution in [3.05, 3.63) is 65.4 Å². The Bertz CT molecular complexity index is 855. The zero-order valence-corrected chi connectivity index (χ0v) is 12.3. The lowest BCUT2D eigenvalue weighted by molar-refractivity contribution is 0.0589. The van der Waals surface area contributed by atoms with Crippen LogP contribution in [0.1, 0.15) is 21.6 Å². The van der Waals surface area contributed by atoms with Gasteiger partial charge in [0, 0.05) is 17.1 Å². The molecule has 4 nitrogen and oxygen atoms in total. The third-order valence-electron chi connectivity index (χ3n) is 3.64. The van der Waals surface area contributed by atoms with Crippen molar-refractivity contribution >= 4 is 16.9 Å². The topological polar surface area (TPSA) is 44.1 Å². The van der Waals surface area contributed by atoms with Gasteiger partial charge in [0.2, 0.25) is 0 Å². The van der Waals surface area contributed by atoms with Crippen LogP contribution in [0.4, 0.5) is 4.39 Å². The number of esters is 1. The Kier molecular flexibility index (Phi) is 3.63. The summed E-state index contributed by atoms with van der Waals surface area (Å²) in [6.07, 6.45) is 3.31. The maximum absolute atomic E-state index is 14.1. The van der Waals surface area contributed by atoms with E-state index in [4.69, 9.17) is 4.74 Å². The van der Waals surface area contributed by atoms with Crippen LogP contribution < -0.4 is 0 Å². The highest BCUT2D eigenvalue weighted by Crippen LogP contribution is 2.22. The summed E-state index contributed by atoms with van der Waals surface area (Å²) in [4.78, 5) is 16.1. The molecule has 0 aliphatic heterocycles. The molecule has 0 aliphatic rings. The molecule has 0 saturated carbocycles. The van der Waals surface area contributed by atoms with E-state index in [0.29, 0.717) is 11.3 Å². The number of carbonyl (C=O) groups excluding carboxylic acids is 1. The van der Waals surface area contributed by atoms with Crippen molar-refractivity contribution < 1.29 is 13.9 Å². The van der Waals surface area contributed by atoms with E-state index in [1.807, 2.05) is 19.1 Å². The number of methoxy groups -OCH3 is 1. The Morgan fingerprint density at radius 2 is 2.14 bits per heavy atom. The number of nitrogens with zero attached hydrogens (tertiary/aromatic N) is 2. The summed E-state index contributed by atoms with van der Waals surface area (Å²) in [6.45, 7) is 2.08. The highest BCUT2D eigenvalue weighted by molar-refractivity contribution is 5.95. The van der Waals surface area contributed by atoms with Gasteiger partial charge < -0.3 is 9.30 Å². The third-order valence-corrected chi connectivity index (χ3v) is 3.64. The van der Waals surface area contributed by atoms with Gasteiger partial charge >= 0.3 is 5.97 Å². The van der Waals surface area contributed by atoms with E-state index in [1.54, 1.807) is 29.1 Å². The van der Waals surface area contributed by atoms with E-state index in [1.165, 1.54) is 13.2 Å². The normalized spacial score (nSPS) is 10.9. The molecular formula is C17H15FN2O2. The van der Waals surface area contributed by atoms with Gasteiger partial charge in [-0.2, -0.15) is 0 Å². The van der Waals surface area contributed by atoms with Crippen molar-refractivity contribution in [2.45, 2.75) is 13.5 Å². The largest absolute Gasteiger partial charge is 0.464 e. The average Bonchev–Trinajstić information content (AvgIpc) is 2.88. The summed E-state index contributed by atoms with van der Waals surface area (Å²) in [6, 6.07) is 8.60. The highest BCUT2D eigenvalue weighted by atomic mass is 19.1. The molecule has 0 aliphatic carbocycles. The Hall–Kier alpha value is -2.69. The maximum atomic E-state index is 14.1. The minimum Gasteiger partial charge on any atom is -0.464 e. The zero-order valence-electron chi connectivity index (χ0n) is 12.3. The van der Waals surface area contributed by atoms with Gasteiger partial charge in [-0.3, -0.25) is 4.98 Å². The summed E-state index contributed by atoms with van der Waals surface area (Å²) in [7, 11) is 1.33. The van der Waals surface area contributed by atoms with E-state index in [0.717, 1.165) is 16.5 Å². The Morgan fingerprint density at radius 1 is 1.32 bits per heavy atom. The molecule has 0 spiro atoms. The molecule has 3 rings (SSSR count). The molecule has 2 aromatic heterocycles. The van der Waals surface area contributed by atoms with Crippen LogP contribution in [0.25, 0.3) is 10.9 Å². The van der Waals surface area contributed by atoms with Crippen LogP contribution in [0.5, 0.6) is 0 Å². The molecule has 1 aromatic carbocycles. The number of hydrogen-bond acceptors (Lipinski definition) is 3. The SMILES string of the molecule is COC(=O)c1cc2ccncc2n1Cc1ccc(C)cc1F. The van der Waals surface area contributed by atoms with Gasteiger partial charge in [-0.1, -0.05) is 12.1 Å². The van der Waals surface area contributed by atoms with Crippen LogP contribution in [0.2, 0.25) is 0 Å². The molecule has 0 bridgehead atoms. The number of aromatic nitrogens is 2. The van der Waals surface area contributed by atoms with E-state index in [-0.39, 0.29) is 12.4 Å². The molecule has 22 heavy (non-hydrogen) atoms. The summed E-state index contributed by atoms with van der Waals surface area (Å²) >= 11 is 0. The lowest BCUT2D eigenvalue weighted by Gasteiger charge is -2.10. The zero-order chi connectivity index (χ0) is 15.7. The second-order valence-corrected chi connectivity index (χ2v) is 5.14. The minimum atomic E-state index is -0.455. The van der Waals surface area contributed by atoms with Crippen molar-refractivity contribution in [1.82, 2.24) is 9.55 Å². The predicted octanol–water partition coefficient (Wildman–Crippen LogP) is 3.32. The first-order valence-electron chi connectivity index (χ1n) is 6.86. The predicted molar refractivity (Wildman–Crippen MR) is 81.3 cm³/mol. The fourth-order valence-electron chi connectivity index (χ4n) is 2.49.